The van der Waals surface area contributed by atoms with Crippen molar-refractivity contribution in [2.75, 3.05) is 12.4 Å². The second-order valence-corrected chi connectivity index (χ2v) is 7.34. The van der Waals surface area contributed by atoms with Crippen LogP contribution in [0.1, 0.15) is 18.1 Å². The van der Waals surface area contributed by atoms with Gasteiger partial charge in [-0.2, -0.15) is 0 Å². The molecular weight excluding hydrogens is 393 g/mol. The van der Waals surface area contributed by atoms with Crippen molar-refractivity contribution in [1.29, 1.82) is 0 Å². The smallest absolute Gasteiger partial charge is 0.248 e. The van der Waals surface area contributed by atoms with Gasteiger partial charge in [0.25, 0.3) is 0 Å². The van der Waals surface area contributed by atoms with E-state index in [2.05, 4.69) is 5.32 Å². The molecule has 4 aromatic rings. The summed E-state index contributed by atoms with van der Waals surface area (Å²) >= 11 is 0. The zero-order valence-electron chi connectivity index (χ0n) is 17.5. The van der Waals surface area contributed by atoms with E-state index in [9.17, 15) is 9.18 Å². The molecule has 0 aliphatic carbocycles. The molecule has 0 fully saturated rings. The first-order valence-electron chi connectivity index (χ1n) is 9.86. The number of hydrogen-bond acceptors (Lipinski definition) is 3. The molecule has 0 saturated carbocycles. The number of allylic oxidation sites excluding steroid dienone is 1. The molecule has 1 aromatic heterocycles. The van der Waals surface area contributed by atoms with E-state index in [0.717, 1.165) is 22.1 Å². The number of anilines is 1. The monoisotopic (exact) mass is 415 g/mol. The Labute approximate surface area is 180 Å². The Hall–Kier alpha value is -3.86. The van der Waals surface area contributed by atoms with Crippen LogP contribution in [0.2, 0.25) is 0 Å². The number of nitrogens with one attached hydrogen (secondary N) is 1. The zero-order valence-corrected chi connectivity index (χ0v) is 17.5. The van der Waals surface area contributed by atoms with Crippen molar-refractivity contribution in [3.8, 4) is 16.9 Å². The van der Waals surface area contributed by atoms with Crippen LogP contribution in [0.4, 0.5) is 10.1 Å². The van der Waals surface area contributed by atoms with Crippen LogP contribution in [0.5, 0.6) is 5.75 Å². The van der Waals surface area contributed by atoms with Crippen LogP contribution in [0.25, 0.3) is 27.7 Å². The number of carbonyl (C=O) groups is 1. The first-order chi connectivity index (χ1) is 15.0. The fourth-order valence-corrected chi connectivity index (χ4v) is 3.50. The van der Waals surface area contributed by atoms with E-state index in [-0.39, 0.29) is 11.7 Å². The van der Waals surface area contributed by atoms with Gasteiger partial charge in [0.1, 0.15) is 17.1 Å². The summed E-state index contributed by atoms with van der Waals surface area (Å²) in [7, 11) is 1.58. The van der Waals surface area contributed by atoms with Gasteiger partial charge in [-0.25, -0.2) is 4.39 Å². The number of benzene rings is 3. The Morgan fingerprint density at radius 1 is 1.10 bits per heavy atom. The van der Waals surface area contributed by atoms with Crippen molar-refractivity contribution >= 4 is 28.1 Å². The Morgan fingerprint density at radius 2 is 1.87 bits per heavy atom. The molecule has 1 N–H and O–H groups in total. The minimum absolute atomic E-state index is 0.349. The number of amides is 1. The Bertz CT molecular complexity index is 1290. The van der Waals surface area contributed by atoms with Crippen molar-refractivity contribution in [2.24, 2.45) is 0 Å². The van der Waals surface area contributed by atoms with E-state index in [4.69, 9.17) is 9.15 Å². The van der Waals surface area contributed by atoms with Crippen LogP contribution < -0.4 is 10.1 Å². The average molecular weight is 415 g/mol. The van der Waals surface area contributed by atoms with Gasteiger partial charge in [-0.15, -0.1) is 0 Å². The minimum Gasteiger partial charge on any atom is -0.496 e. The standard InChI is InChI=1S/C26H22FNO3/c1-16-9-10-19(12-23(16)27)28-26(29)11-17(2)20-13-21-22(18-7-5-4-6-8-18)15-31-25(21)14-24(20)30-3/h4-15H,1-3H3,(H,28,29)/b17-11+. The highest BCUT2D eigenvalue weighted by Crippen LogP contribution is 2.37. The maximum atomic E-state index is 13.8. The molecule has 0 saturated heterocycles. The van der Waals surface area contributed by atoms with Crippen molar-refractivity contribution in [3.05, 3.63) is 89.9 Å². The van der Waals surface area contributed by atoms with E-state index in [1.807, 2.05) is 49.4 Å². The molecule has 31 heavy (non-hydrogen) atoms. The predicted octanol–water partition coefficient (Wildman–Crippen LogP) is 6.60. The molecule has 0 unspecified atom stereocenters. The van der Waals surface area contributed by atoms with Gasteiger partial charge in [0, 0.05) is 34.3 Å². The minimum atomic E-state index is -0.362. The molecule has 5 heteroatoms. The first-order valence-corrected chi connectivity index (χ1v) is 9.86. The third-order valence-electron chi connectivity index (χ3n) is 5.19. The lowest BCUT2D eigenvalue weighted by atomic mass is 9.99. The van der Waals surface area contributed by atoms with Gasteiger partial charge >= 0.3 is 0 Å². The highest BCUT2D eigenvalue weighted by molar-refractivity contribution is 6.05. The van der Waals surface area contributed by atoms with Crippen LogP contribution in [-0.4, -0.2) is 13.0 Å². The second kappa shape index (κ2) is 8.48. The summed E-state index contributed by atoms with van der Waals surface area (Å²) < 4.78 is 25.0. The van der Waals surface area contributed by atoms with Gasteiger partial charge in [-0.3, -0.25) is 4.79 Å². The number of rotatable bonds is 5. The van der Waals surface area contributed by atoms with Crippen LogP contribution in [0, 0.1) is 12.7 Å². The van der Waals surface area contributed by atoms with Crippen LogP contribution in [0.3, 0.4) is 0 Å². The average Bonchev–Trinajstić information content (AvgIpc) is 3.18. The van der Waals surface area contributed by atoms with E-state index in [1.165, 1.54) is 12.1 Å². The lowest BCUT2D eigenvalue weighted by Gasteiger charge is -2.10. The van der Waals surface area contributed by atoms with Gasteiger partial charge in [0.2, 0.25) is 5.91 Å². The van der Waals surface area contributed by atoms with Gasteiger partial charge in [-0.05, 0) is 48.7 Å². The fraction of sp³-hybridized carbons (Fsp3) is 0.115. The number of hydrogen-bond donors (Lipinski definition) is 1. The Balaban J connectivity index is 1.69. The van der Waals surface area contributed by atoms with E-state index in [1.54, 1.807) is 32.4 Å². The number of ether oxygens (including phenoxy) is 1. The fourth-order valence-electron chi connectivity index (χ4n) is 3.50. The third kappa shape index (κ3) is 4.21. The van der Waals surface area contributed by atoms with Crippen LogP contribution in [-0.2, 0) is 4.79 Å². The number of methoxy groups -OCH3 is 1. The topological polar surface area (TPSA) is 51.5 Å². The van der Waals surface area contributed by atoms with Gasteiger partial charge in [0.05, 0.1) is 13.4 Å². The molecule has 4 nitrogen and oxygen atoms in total. The summed E-state index contributed by atoms with van der Waals surface area (Å²) in [6.07, 6.45) is 3.20. The lowest BCUT2D eigenvalue weighted by Crippen LogP contribution is -2.09. The number of carbonyl (C=O) groups excluding carboxylic acids is 1. The highest BCUT2D eigenvalue weighted by atomic mass is 19.1. The number of halogens is 1. The summed E-state index contributed by atoms with van der Waals surface area (Å²) in [5, 5.41) is 3.63. The number of furan rings is 1. The summed E-state index contributed by atoms with van der Waals surface area (Å²) in [5.41, 5.74) is 5.12. The second-order valence-electron chi connectivity index (χ2n) is 7.34. The Morgan fingerprint density at radius 3 is 2.58 bits per heavy atom. The van der Waals surface area contributed by atoms with E-state index >= 15 is 0 Å². The summed E-state index contributed by atoms with van der Waals surface area (Å²) in [6, 6.07) is 18.3. The first kappa shape index (κ1) is 20.4. The molecule has 1 heterocycles. The van der Waals surface area contributed by atoms with Crippen molar-refractivity contribution in [2.45, 2.75) is 13.8 Å². The van der Waals surface area contributed by atoms with Crippen molar-refractivity contribution in [3.63, 3.8) is 0 Å². The molecule has 0 bridgehead atoms. The number of aryl methyl sites for hydroxylation is 1. The third-order valence-corrected chi connectivity index (χ3v) is 5.19. The molecule has 0 atom stereocenters. The molecule has 4 rings (SSSR count). The van der Waals surface area contributed by atoms with E-state index < -0.39 is 0 Å². The van der Waals surface area contributed by atoms with Crippen molar-refractivity contribution in [1.82, 2.24) is 0 Å². The van der Waals surface area contributed by atoms with E-state index in [0.29, 0.717) is 28.2 Å². The maximum Gasteiger partial charge on any atom is 0.248 e. The van der Waals surface area contributed by atoms with Gasteiger partial charge in [0.15, 0.2) is 0 Å². The molecule has 156 valence electrons. The molecule has 0 radical (unpaired) electrons. The largest absolute Gasteiger partial charge is 0.496 e. The molecule has 3 aromatic carbocycles. The maximum absolute atomic E-state index is 13.8. The predicted molar refractivity (Wildman–Crippen MR) is 122 cm³/mol. The molecular formula is C26H22FNO3. The normalized spacial score (nSPS) is 11.5. The lowest BCUT2D eigenvalue weighted by molar-refractivity contribution is -0.111. The summed E-state index contributed by atoms with van der Waals surface area (Å²) in [4.78, 5) is 12.5. The zero-order chi connectivity index (χ0) is 22.0. The SMILES string of the molecule is COc1cc2occ(-c3ccccc3)c2cc1/C(C)=C/C(=O)Nc1ccc(C)c(F)c1. The summed E-state index contributed by atoms with van der Waals surface area (Å²) in [6.45, 7) is 3.51. The quantitative estimate of drug-likeness (QED) is 0.374. The molecule has 0 spiro atoms. The van der Waals surface area contributed by atoms with Crippen molar-refractivity contribution < 1.29 is 18.3 Å². The van der Waals surface area contributed by atoms with Crippen LogP contribution >= 0.6 is 0 Å². The van der Waals surface area contributed by atoms with Gasteiger partial charge < -0.3 is 14.5 Å². The number of fused-ring (bicyclic) bond motifs is 1. The highest BCUT2D eigenvalue weighted by Gasteiger charge is 2.15. The summed E-state index contributed by atoms with van der Waals surface area (Å²) in [5.74, 6) is -0.109. The molecule has 0 aliphatic heterocycles. The molecule has 1 amide bonds. The molecule has 0 aliphatic rings. The Kier molecular flexibility index (Phi) is 5.58. The van der Waals surface area contributed by atoms with Crippen LogP contribution in [0.15, 0.2) is 77.4 Å². The van der Waals surface area contributed by atoms with Gasteiger partial charge in [-0.1, -0.05) is 36.4 Å².